The summed E-state index contributed by atoms with van der Waals surface area (Å²) in [5.74, 6) is 0.865. The van der Waals surface area contributed by atoms with Gasteiger partial charge in [0.2, 0.25) is 11.7 Å². The Morgan fingerprint density at radius 3 is 2.52 bits per heavy atom. The topological polar surface area (TPSA) is 42.2 Å². The molecule has 3 rings (SSSR count). The van der Waals surface area contributed by atoms with Crippen LogP contribution in [0.4, 0.5) is 4.39 Å². The molecule has 3 aromatic rings. The highest BCUT2D eigenvalue weighted by atomic mass is 19.1. The van der Waals surface area contributed by atoms with Gasteiger partial charge in [-0.1, -0.05) is 53.7 Å². The van der Waals surface area contributed by atoms with Gasteiger partial charge in [-0.05, 0) is 20.0 Å². The van der Waals surface area contributed by atoms with Crippen molar-refractivity contribution < 1.29 is 8.91 Å². The van der Waals surface area contributed by atoms with Crippen molar-refractivity contribution in [1.29, 1.82) is 0 Å². The zero-order chi connectivity index (χ0) is 16.2. The number of hydrogen-bond donors (Lipinski definition) is 0. The van der Waals surface area contributed by atoms with Crippen molar-refractivity contribution in [2.45, 2.75) is 19.5 Å². The van der Waals surface area contributed by atoms with Gasteiger partial charge in [0, 0.05) is 17.2 Å². The van der Waals surface area contributed by atoms with Crippen LogP contribution >= 0.6 is 0 Å². The van der Waals surface area contributed by atoms with Crippen molar-refractivity contribution in [3.63, 3.8) is 0 Å². The normalized spacial score (nSPS) is 12.5. The maximum atomic E-state index is 13.9. The Labute approximate surface area is 134 Å². The van der Waals surface area contributed by atoms with Gasteiger partial charge in [0.25, 0.3) is 0 Å². The van der Waals surface area contributed by atoms with E-state index in [4.69, 9.17) is 4.52 Å². The summed E-state index contributed by atoms with van der Waals surface area (Å²) in [4.78, 5) is 6.38. The quantitative estimate of drug-likeness (QED) is 0.712. The summed E-state index contributed by atoms with van der Waals surface area (Å²) in [6, 6.07) is 16.4. The highest BCUT2D eigenvalue weighted by Crippen LogP contribution is 2.23. The van der Waals surface area contributed by atoms with Crippen molar-refractivity contribution >= 4 is 0 Å². The van der Waals surface area contributed by atoms with Crippen molar-refractivity contribution in [1.82, 2.24) is 15.0 Å². The number of aromatic nitrogens is 2. The molecule has 0 saturated heterocycles. The van der Waals surface area contributed by atoms with Gasteiger partial charge in [0.1, 0.15) is 5.82 Å². The second kappa shape index (κ2) is 6.71. The highest BCUT2D eigenvalue weighted by Gasteiger charge is 2.18. The Morgan fingerprint density at radius 2 is 1.78 bits per heavy atom. The van der Waals surface area contributed by atoms with Gasteiger partial charge < -0.3 is 4.52 Å². The summed E-state index contributed by atoms with van der Waals surface area (Å²) >= 11 is 0. The van der Waals surface area contributed by atoms with Gasteiger partial charge in [0.05, 0.1) is 6.54 Å². The van der Waals surface area contributed by atoms with E-state index in [0.717, 1.165) is 5.56 Å². The van der Waals surface area contributed by atoms with E-state index >= 15 is 0 Å². The molecule has 0 aliphatic heterocycles. The molecule has 0 spiro atoms. The molecule has 0 amide bonds. The minimum atomic E-state index is -0.206. The Kier molecular flexibility index (Phi) is 4.48. The fourth-order valence-electron chi connectivity index (χ4n) is 2.43. The first kappa shape index (κ1) is 15.4. The van der Waals surface area contributed by atoms with Gasteiger partial charge in [-0.3, -0.25) is 4.90 Å². The SMILES string of the molecule is CC(c1ccccc1F)N(C)Cc1nc(-c2ccccc2)no1. The largest absolute Gasteiger partial charge is 0.338 e. The van der Waals surface area contributed by atoms with Crippen LogP contribution in [0.5, 0.6) is 0 Å². The van der Waals surface area contributed by atoms with Crippen molar-refractivity contribution in [2.24, 2.45) is 0 Å². The predicted molar refractivity (Wildman–Crippen MR) is 86.0 cm³/mol. The molecule has 0 aliphatic rings. The number of benzene rings is 2. The third-order valence-electron chi connectivity index (χ3n) is 3.90. The molecular formula is C18H18FN3O. The molecule has 0 aliphatic carbocycles. The Hall–Kier alpha value is -2.53. The van der Waals surface area contributed by atoms with E-state index in [1.165, 1.54) is 6.07 Å². The van der Waals surface area contributed by atoms with E-state index in [2.05, 4.69) is 10.1 Å². The fraction of sp³-hybridized carbons (Fsp3) is 0.222. The van der Waals surface area contributed by atoms with Gasteiger partial charge in [-0.15, -0.1) is 0 Å². The van der Waals surface area contributed by atoms with E-state index in [1.54, 1.807) is 12.1 Å². The zero-order valence-corrected chi connectivity index (χ0v) is 13.1. The van der Waals surface area contributed by atoms with E-state index in [1.807, 2.05) is 55.3 Å². The van der Waals surface area contributed by atoms with Crippen LogP contribution in [0, 0.1) is 5.82 Å². The molecule has 0 N–H and O–H groups in total. The summed E-state index contributed by atoms with van der Waals surface area (Å²) in [5, 5.41) is 4.00. The lowest BCUT2D eigenvalue weighted by Crippen LogP contribution is -2.22. The Morgan fingerprint density at radius 1 is 1.09 bits per heavy atom. The number of nitrogens with zero attached hydrogens (tertiary/aromatic N) is 3. The molecule has 1 atom stereocenters. The second-order valence-electron chi connectivity index (χ2n) is 5.49. The molecule has 1 aromatic heterocycles. The molecule has 23 heavy (non-hydrogen) atoms. The van der Waals surface area contributed by atoms with Crippen molar-refractivity contribution in [2.75, 3.05) is 7.05 Å². The van der Waals surface area contributed by atoms with E-state index in [9.17, 15) is 4.39 Å². The average Bonchev–Trinajstić information content (AvgIpc) is 3.04. The Balaban J connectivity index is 1.72. The summed E-state index contributed by atoms with van der Waals surface area (Å²) in [6.45, 7) is 2.40. The van der Waals surface area contributed by atoms with Gasteiger partial charge >= 0.3 is 0 Å². The molecule has 5 heteroatoms. The Bertz CT molecular complexity index is 773. The maximum absolute atomic E-state index is 13.9. The summed E-state index contributed by atoms with van der Waals surface area (Å²) in [5.41, 5.74) is 1.56. The minimum Gasteiger partial charge on any atom is -0.338 e. The number of halogens is 1. The van der Waals surface area contributed by atoms with Crippen LogP contribution in [0.2, 0.25) is 0 Å². The third-order valence-corrected chi connectivity index (χ3v) is 3.90. The van der Waals surface area contributed by atoms with Crippen LogP contribution in [-0.4, -0.2) is 22.1 Å². The molecule has 118 valence electrons. The average molecular weight is 311 g/mol. The molecule has 1 heterocycles. The summed E-state index contributed by atoms with van der Waals surface area (Å²) in [7, 11) is 1.91. The molecule has 2 aromatic carbocycles. The lowest BCUT2D eigenvalue weighted by Gasteiger charge is -2.23. The van der Waals surface area contributed by atoms with E-state index in [0.29, 0.717) is 23.8 Å². The first-order valence-electron chi connectivity index (χ1n) is 7.48. The standard InChI is InChI=1S/C18H18FN3O/c1-13(15-10-6-7-11-16(15)19)22(2)12-17-20-18(21-23-17)14-8-4-3-5-9-14/h3-11,13H,12H2,1-2H3. The van der Waals surface area contributed by atoms with Crippen molar-refractivity contribution in [3.8, 4) is 11.4 Å². The van der Waals surface area contributed by atoms with Crippen LogP contribution < -0.4 is 0 Å². The summed E-state index contributed by atoms with van der Waals surface area (Å²) in [6.07, 6.45) is 0. The molecule has 0 saturated carbocycles. The van der Waals surface area contributed by atoms with Crippen LogP contribution in [0.1, 0.15) is 24.4 Å². The molecule has 4 nitrogen and oxygen atoms in total. The van der Waals surface area contributed by atoms with Gasteiger partial charge in [-0.25, -0.2) is 4.39 Å². The lowest BCUT2D eigenvalue weighted by atomic mass is 10.1. The fourth-order valence-corrected chi connectivity index (χ4v) is 2.43. The molecular weight excluding hydrogens is 293 g/mol. The first-order valence-corrected chi connectivity index (χ1v) is 7.48. The molecule has 1 unspecified atom stereocenters. The monoisotopic (exact) mass is 311 g/mol. The van der Waals surface area contributed by atoms with Gasteiger partial charge in [-0.2, -0.15) is 4.98 Å². The van der Waals surface area contributed by atoms with E-state index in [-0.39, 0.29) is 11.9 Å². The van der Waals surface area contributed by atoms with E-state index < -0.39 is 0 Å². The van der Waals surface area contributed by atoms with Gasteiger partial charge in [0.15, 0.2) is 0 Å². The van der Waals surface area contributed by atoms with Crippen LogP contribution in [0.3, 0.4) is 0 Å². The predicted octanol–water partition coefficient (Wildman–Crippen LogP) is 4.07. The molecule has 0 fully saturated rings. The van der Waals surface area contributed by atoms with Crippen LogP contribution in [0.15, 0.2) is 59.1 Å². The summed E-state index contributed by atoms with van der Waals surface area (Å²) < 4.78 is 19.2. The minimum absolute atomic E-state index is 0.0942. The second-order valence-corrected chi connectivity index (χ2v) is 5.49. The maximum Gasteiger partial charge on any atom is 0.241 e. The number of hydrogen-bond acceptors (Lipinski definition) is 4. The molecule has 0 radical (unpaired) electrons. The lowest BCUT2D eigenvalue weighted by molar-refractivity contribution is 0.213. The van der Waals surface area contributed by atoms with Crippen LogP contribution in [0.25, 0.3) is 11.4 Å². The molecule has 0 bridgehead atoms. The van der Waals surface area contributed by atoms with Crippen LogP contribution in [-0.2, 0) is 6.54 Å². The first-order chi connectivity index (χ1) is 11.1. The third kappa shape index (κ3) is 3.46. The smallest absolute Gasteiger partial charge is 0.241 e. The number of rotatable bonds is 5. The zero-order valence-electron chi connectivity index (χ0n) is 13.1. The highest BCUT2D eigenvalue weighted by molar-refractivity contribution is 5.53. The van der Waals surface area contributed by atoms with Crippen molar-refractivity contribution in [3.05, 3.63) is 71.9 Å².